The van der Waals surface area contributed by atoms with E-state index in [1.54, 1.807) is 17.8 Å². The van der Waals surface area contributed by atoms with Crippen LogP contribution < -0.4 is 5.73 Å². The van der Waals surface area contributed by atoms with Crippen LogP contribution in [-0.4, -0.2) is 9.38 Å². The van der Waals surface area contributed by atoms with Gasteiger partial charge in [0.1, 0.15) is 5.65 Å². The topological polar surface area (TPSA) is 43.3 Å². The van der Waals surface area contributed by atoms with Crippen molar-refractivity contribution in [2.24, 2.45) is 0 Å². The molecule has 0 unspecified atom stereocenters. The fraction of sp³-hybridized carbons (Fsp3) is 0.133. The molecular formula is C15H14ClN3S. The normalized spacial score (nSPS) is 11.1. The monoisotopic (exact) mass is 303 g/mol. The summed E-state index contributed by atoms with van der Waals surface area (Å²) < 4.78 is 2.05. The Labute approximate surface area is 126 Å². The van der Waals surface area contributed by atoms with E-state index >= 15 is 0 Å². The number of halogens is 1. The van der Waals surface area contributed by atoms with Crippen LogP contribution in [0.3, 0.4) is 0 Å². The SMILES string of the molecule is Cc1cccn2cc(CSc3cc(Cl)ccc3N)nc12. The number of pyridine rings is 1. The van der Waals surface area contributed by atoms with Crippen molar-refractivity contribution in [3.8, 4) is 0 Å². The molecule has 0 saturated heterocycles. The van der Waals surface area contributed by atoms with E-state index in [1.807, 2.05) is 28.8 Å². The smallest absolute Gasteiger partial charge is 0.139 e. The quantitative estimate of drug-likeness (QED) is 0.583. The molecule has 3 aromatic rings. The Hall–Kier alpha value is -1.65. The number of benzene rings is 1. The Morgan fingerprint density at radius 1 is 1.35 bits per heavy atom. The van der Waals surface area contributed by atoms with Gasteiger partial charge in [0.05, 0.1) is 5.69 Å². The zero-order valence-corrected chi connectivity index (χ0v) is 12.6. The Bertz CT molecular complexity index is 767. The lowest BCUT2D eigenvalue weighted by Gasteiger charge is -2.04. The van der Waals surface area contributed by atoms with Crippen molar-refractivity contribution in [2.45, 2.75) is 17.6 Å². The lowest BCUT2D eigenvalue weighted by molar-refractivity contribution is 1.16. The minimum atomic E-state index is 0.701. The highest BCUT2D eigenvalue weighted by atomic mass is 35.5. The summed E-state index contributed by atoms with van der Waals surface area (Å²) >= 11 is 7.65. The van der Waals surface area contributed by atoms with Crippen molar-refractivity contribution < 1.29 is 0 Å². The number of rotatable bonds is 3. The summed E-state index contributed by atoms with van der Waals surface area (Å²) in [6.45, 7) is 2.06. The van der Waals surface area contributed by atoms with E-state index in [0.717, 1.165) is 27.7 Å². The van der Waals surface area contributed by atoms with Gasteiger partial charge in [-0.25, -0.2) is 4.98 Å². The maximum atomic E-state index is 5.99. The summed E-state index contributed by atoms with van der Waals surface area (Å²) in [7, 11) is 0. The van der Waals surface area contributed by atoms with E-state index in [1.165, 1.54) is 5.56 Å². The van der Waals surface area contributed by atoms with Crippen LogP contribution in [0.5, 0.6) is 0 Å². The highest BCUT2D eigenvalue weighted by molar-refractivity contribution is 7.98. The first-order valence-corrected chi connectivity index (χ1v) is 7.61. The first-order valence-electron chi connectivity index (χ1n) is 6.24. The molecule has 2 heterocycles. The van der Waals surface area contributed by atoms with Crippen molar-refractivity contribution in [3.63, 3.8) is 0 Å². The molecule has 0 aliphatic rings. The Morgan fingerprint density at radius 2 is 2.20 bits per heavy atom. The van der Waals surface area contributed by atoms with E-state index < -0.39 is 0 Å². The molecule has 5 heteroatoms. The van der Waals surface area contributed by atoms with E-state index in [9.17, 15) is 0 Å². The molecule has 20 heavy (non-hydrogen) atoms. The standard InChI is InChI=1S/C15H14ClN3S/c1-10-3-2-6-19-8-12(18-15(10)19)9-20-14-7-11(16)4-5-13(14)17/h2-8H,9,17H2,1H3. The van der Waals surface area contributed by atoms with Gasteiger partial charge in [-0.15, -0.1) is 11.8 Å². The number of aromatic nitrogens is 2. The zero-order chi connectivity index (χ0) is 14.1. The van der Waals surface area contributed by atoms with Gasteiger partial charge in [-0.2, -0.15) is 0 Å². The summed E-state index contributed by atoms with van der Waals surface area (Å²) in [5.74, 6) is 0.770. The van der Waals surface area contributed by atoms with E-state index in [0.29, 0.717) is 5.02 Å². The minimum absolute atomic E-state index is 0.701. The molecule has 0 radical (unpaired) electrons. The van der Waals surface area contributed by atoms with Crippen LogP contribution in [-0.2, 0) is 5.75 Å². The molecule has 2 aromatic heterocycles. The highest BCUT2D eigenvalue weighted by Crippen LogP contribution is 2.30. The number of hydrogen-bond donors (Lipinski definition) is 1. The average molecular weight is 304 g/mol. The second-order valence-electron chi connectivity index (χ2n) is 4.63. The third-order valence-corrected chi connectivity index (χ3v) is 4.42. The molecular weight excluding hydrogens is 290 g/mol. The number of nitrogen functional groups attached to an aromatic ring is 1. The molecule has 0 bridgehead atoms. The molecule has 3 nitrogen and oxygen atoms in total. The third-order valence-electron chi connectivity index (χ3n) is 3.08. The zero-order valence-electron chi connectivity index (χ0n) is 11.0. The molecule has 0 saturated carbocycles. The van der Waals surface area contributed by atoms with Crippen molar-refractivity contribution >= 4 is 34.7 Å². The predicted molar refractivity (Wildman–Crippen MR) is 85.4 cm³/mol. The number of nitrogens with two attached hydrogens (primary N) is 1. The maximum Gasteiger partial charge on any atom is 0.139 e. The van der Waals surface area contributed by atoms with Crippen LogP contribution in [0.15, 0.2) is 47.6 Å². The average Bonchev–Trinajstić information content (AvgIpc) is 2.84. The summed E-state index contributed by atoms with van der Waals surface area (Å²) in [5.41, 5.74) is 9.90. The van der Waals surface area contributed by atoms with Crippen LogP contribution in [0.25, 0.3) is 5.65 Å². The number of aryl methyl sites for hydroxylation is 1. The van der Waals surface area contributed by atoms with Crippen LogP contribution in [0.4, 0.5) is 5.69 Å². The van der Waals surface area contributed by atoms with Crippen molar-refractivity contribution in [2.75, 3.05) is 5.73 Å². The molecule has 0 aliphatic carbocycles. The van der Waals surface area contributed by atoms with Gasteiger partial charge in [0.2, 0.25) is 0 Å². The lowest BCUT2D eigenvalue weighted by atomic mass is 10.3. The summed E-state index contributed by atoms with van der Waals surface area (Å²) in [5, 5.41) is 0.701. The Kier molecular flexibility index (Phi) is 3.59. The van der Waals surface area contributed by atoms with Gasteiger partial charge >= 0.3 is 0 Å². The second-order valence-corrected chi connectivity index (χ2v) is 6.08. The lowest BCUT2D eigenvalue weighted by Crippen LogP contribution is -1.89. The first-order chi connectivity index (χ1) is 9.63. The van der Waals surface area contributed by atoms with Crippen LogP contribution in [0, 0.1) is 6.92 Å². The number of anilines is 1. The van der Waals surface area contributed by atoms with Crippen LogP contribution in [0.2, 0.25) is 5.02 Å². The molecule has 1 aromatic carbocycles. The highest BCUT2D eigenvalue weighted by Gasteiger charge is 2.06. The molecule has 0 atom stereocenters. The molecule has 0 fully saturated rings. The molecule has 3 rings (SSSR count). The van der Waals surface area contributed by atoms with Crippen molar-refractivity contribution in [1.29, 1.82) is 0 Å². The van der Waals surface area contributed by atoms with Gasteiger partial charge in [0, 0.05) is 33.8 Å². The Morgan fingerprint density at radius 3 is 3.00 bits per heavy atom. The molecule has 102 valence electrons. The van der Waals surface area contributed by atoms with E-state index in [2.05, 4.69) is 24.2 Å². The minimum Gasteiger partial charge on any atom is -0.398 e. The van der Waals surface area contributed by atoms with Crippen LogP contribution >= 0.6 is 23.4 Å². The van der Waals surface area contributed by atoms with Gasteiger partial charge in [-0.1, -0.05) is 17.7 Å². The van der Waals surface area contributed by atoms with Gasteiger partial charge in [-0.3, -0.25) is 0 Å². The van der Waals surface area contributed by atoms with Gasteiger partial charge in [0.15, 0.2) is 0 Å². The summed E-state index contributed by atoms with van der Waals surface area (Å²) in [6, 6.07) is 9.61. The Balaban J connectivity index is 1.83. The summed E-state index contributed by atoms with van der Waals surface area (Å²) in [4.78, 5) is 5.64. The van der Waals surface area contributed by atoms with Crippen molar-refractivity contribution in [3.05, 3.63) is 59.0 Å². The van der Waals surface area contributed by atoms with Gasteiger partial charge in [-0.05, 0) is 36.8 Å². The van der Waals surface area contributed by atoms with Gasteiger partial charge < -0.3 is 10.1 Å². The van der Waals surface area contributed by atoms with Crippen molar-refractivity contribution in [1.82, 2.24) is 9.38 Å². The number of hydrogen-bond acceptors (Lipinski definition) is 3. The fourth-order valence-corrected chi connectivity index (χ4v) is 3.18. The molecule has 0 spiro atoms. The predicted octanol–water partition coefficient (Wildman–Crippen LogP) is 4.17. The van der Waals surface area contributed by atoms with Crippen LogP contribution in [0.1, 0.15) is 11.3 Å². The number of thioether (sulfide) groups is 1. The maximum absolute atomic E-state index is 5.99. The number of fused-ring (bicyclic) bond motifs is 1. The molecule has 0 amide bonds. The van der Waals surface area contributed by atoms with E-state index in [4.69, 9.17) is 17.3 Å². The van der Waals surface area contributed by atoms with Gasteiger partial charge in [0.25, 0.3) is 0 Å². The summed E-state index contributed by atoms with van der Waals surface area (Å²) in [6.07, 6.45) is 4.06. The van der Waals surface area contributed by atoms with E-state index in [-0.39, 0.29) is 0 Å². The molecule has 0 aliphatic heterocycles. The number of imidazole rings is 1. The molecule has 2 N–H and O–H groups in total. The largest absolute Gasteiger partial charge is 0.398 e. The second kappa shape index (κ2) is 5.38. The third kappa shape index (κ3) is 2.62. The first kappa shape index (κ1) is 13.3. The number of nitrogens with zero attached hydrogens (tertiary/aromatic N) is 2. The fourth-order valence-electron chi connectivity index (χ4n) is 2.06.